The lowest BCUT2D eigenvalue weighted by atomic mass is 9.97. The Morgan fingerprint density at radius 1 is 0.943 bits per heavy atom. The molecule has 0 fully saturated rings. The van der Waals surface area contributed by atoms with E-state index >= 15 is 0 Å². The van der Waals surface area contributed by atoms with Crippen LogP contribution in [0.15, 0.2) is 54.9 Å². The number of rotatable bonds is 9. The molecule has 3 rings (SSSR count). The molecule has 0 N–H and O–H groups in total. The van der Waals surface area contributed by atoms with E-state index in [-0.39, 0.29) is 5.76 Å². The molecule has 184 valence electrons. The van der Waals surface area contributed by atoms with E-state index in [9.17, 15) is 4.79 Å². The first-order valence-electron chi connectivity index (χ1n) is 11.3. The van der Waals surface area contributed by atoms with Gasteiger partial charge in [-0.3, -0.25) is 9.78 Å². The number of esters is 1. The molecule has 1 heterocycles. The molecule has 0 aliphatic heterocycles. The number of carbonyl (C=O) groups excluding carboxylic acids is 1. The minimum Gasteiger partial charge on any atom is -0.493 e. The van der Waals surface area contributed by atoms with E-state index in [2.05, 4.69) is 31.0 Å². The maximum absolute atomic E-state index is 13.2. The van der Waals surface area contributed by atoms with Crippen molar-refractivity contribution < 1.29 is 19.0 Å². The number of ether oxygens (including phenoxy) is 3. The normalized spacial score (nSPS) is 12.4. The van der Waals surface area contributed by atoms with Crippen molar-refractivity contribution >= 4 is 41.0 Å². The van der Waals surface area contributed by atoms with Crippen LogP contribution in [-0.2, 0) is 16.0 Å². The van der Waals surface area contributed by atoms with E-state index in [1.165, 1.54) is 18.0 Å². The molecule has 0 radical (unpaired) electrons. The predicted octanol–water partition coefficient (Wildman–Crippen LogP) is 7.45. The lowest BCUT2D eigenvalue weighted by Crippen LogP contribution is -2.13. The number of halogens is 2. The molecular formula is C28H29Cl2NO4. The van der Waals surface area contributed by atoms with E-state index in [0.717, 1.165) is 12.0 Å². The van der Waals surface area contributed by atoms with Crippen LogP contribution in [0.3, 0.4) is 0 Å². The van der Waals surface area contributed by atoms with E-state index in [1.807, 2.05) is 19.1 Å². The highest BCUT2D eigenvalue weighted by atomic mass is 35.5. The van der Waals surface area contributed by atoms with Gasteiger partial charge in [-0.2, -0.15) is 0 Å². The lowest BCUT2D eigenvalue weighted by molar-refractivity contribution is -0.137. The molecule has 0 aliphatic carbocycles. The fraction of sp³-hybridized carbons (Fsp3) is 0.286. The Morgan fingerprint density at radius 2 is 1.57 bits per heavy atom. The molecule has 0 saturated carbocycles. The van der Waals surface area contributed by atoms with Crippen LogP contribution in [0.2, 0.25) is 10.0 Å². The number of pyridine rings is 1. The maximum atomic E-state index is 13.2. The van der Waals surface area contributed by atoms with Crippen molar-refractivity contribution in [3.63, 3.8) is 0 Å². The van der Waals surface area contributed by atoms with E-state index in [0.29, 0.717) is 38.6 Å². The van der Waals surface area contributed by atoms with Crippen molar-refractivity contribution in [1.82, 2.24) is 4.98 Å². The van der Waals surface area contributed by atoms with E-state index in [1.54, 1.807) is 38.5 Å². The van der Waals surface area contributed by atoms with Crippen LogP contribution in [0, 0.1) is 5.92 Å². The number of carbonyl (C=O) groups is 1. The van der Waals surface area contributed by atoms with Crippen LogP contribution in [0.25, 0.3) is 11.8 Å². The highest BCUT2D eigenvalue weighted by Gasteiger charge is 2.21. The summed E-state index contributed by atoms with van der Waals surface area (Å²) in [5.41, 5.74) is 3.19. The number of methoxy groups -OCH3 is 2. The molecule has 5 nitrogen and oxygen atoms in total. The monoisotopic (exact) mass is 513 g/mol. The smallest absolute Gasteiger partial charge is 0.318 e. The summed E-state index contributed by atoms with van der Waals surface area (Å²) in [7, 11) is 3.09. The third-order valence-electron chi connectivity index (χ3n) is 5.52. The summed E-state index contributed by atoms with van der Waals surface area (Å²) in [6.07, 6.45) is 5.58. The van der Waals surface area contributed by atoms with Crippen molar-refractivity contribution in [3.05, 3.63) is 87.2 Å². The van der Waals surface area contributed by atoms with Gasteiger partial charge in [-0.25, -0.2) is 0 Å². The summed E-state index contributed by atoms with van der Waals surface area (Å²) in [5, 5.41) is 0.667. The molecule has 0 spiro atoms. The summed E-state index contributed by atoms with van der Waals surface area (Å²) in [5.74, 6) is 0.974. The van der Waals surface area contributed by atoms with Crippen LogP contribution in [0.5, 0.6) is 11.5 Å². The largest absolute Gasteiger partial charge is 0.493 e. The van der Waals surface area contributed by atoms with Gasteiger partial charge in [0.1, 0.15) is 5.76 Å². The topological polar surface area (TPSA) is 57.7 Å². The van der Waals surface area contributed by atoms with Gasteiger partial charge in [0, 0.05) is 23.5 Å². The lowest BCUT2D eigenvalue weighted by Gasteiger charge is -2.16. The van der Waals surface area contributed by atoms with Crippen molar-refractivity contribution in [1.29, 1.82) is 0 Å². The standard InChI is InChI=1S/C28H29Cl2NO4/c1-17(2)12-19-6-8-20(9-7-19)18(3)28(32)35-26(14-22-23(29)15-31-16-24(22)30)21-10-11-25(33-4)27(13-21)34-5/h6-11,13-18H,12H2,1-5H3/b26-14-/t18-/m0/s1. The Labute approximate surface area is 216 Å². The van der Waals surface area contributed by atoms with Crippen LogP contribution >= 0.6 is 23.2 Å². The van der Waals surface area contributed by atoms with E-state index < -0.39 is 11.9 Å². The molecule has 0 amide bonds. The van der Waals surface area contributed by atoms with Gasteiger partial charge in [0.2, 0.25) is 0 Å². The van der Waals surface area contributed by atoms with Gasteiger partial charge >= 0.3 is 5.97 Å². The SMILES string of the molecule is COc1ccc(/C(=C/c2c(Cl)cncc2Cl)OC(=O)[C@@H](C)c2ccc(CC(C)C)cc2)cc1OC. The van der Waals surface area contributed by atoms with Crippen molar-refractivity contribution in [2.45, 2.75) is 33.1 Å². The highest BCUT2D eigenvalue weighted by Crippen LogP contribution is 2.34. The van der Waals surface area contributed by atoms with Crippen LogP contribution in [0.1, 0.15) is 48.9 Å². The van der Waals surface area contributed by atoms with Gasteiger partial charge in [-0.1, -0.05) is 61.3 Å². The second-order valence-corrected chi connectivity index (χ2v) is 9.39. The van der Waals surface area contributed by atoms with Crippen molar-refractivity contribution in [2.24, 2.45) is 5.92 Å². The zero-order valence-electron chi connectivity index (χ0n) is 20.5. The first-order valence-corrected chi connectivity index (χ1v) is 12.0. The third kappa shape index (κ3) is 6.77. The number of hydrogen-bond acceptors (Lipinski definition) is 5. The predicted molar refractivity (Wildman–Crippen MR) is 141 cm³/mol. The molecule has 0 bridgehead atoms. The van der Waals surface area contributed by atoms with Gasteiger partial charge in [0.05, 0.1) is 30.2 Å². The molecule has 0 aliphatic rings. The molecular weight excluding hydrogens is 485 g/mol. The molecule has 1 atom stereocenters. The number of aromatic nitrogens is 1. The van der Waals surface area contributed by atoms with Crippen molar-refractivity contribution in [3.8, 4) is 11.5 Å². The molecule has 2 aromatic carbocycles. The van der Waals surface area contributed by atoms with Gasteiger partial charge < -0.3 is 14.2 Å². The summed E-state index contributed by atoms with van der Waals surface area (Å²) in [6, 6.07) is 13.3. The second kappa shape index (κ2) is 12.1. The average molecular weight is 514 g/mol. The first-order chi connectivity index (χ1) is 16.7. The maximum Gasteiger partial charge on any atom is 0.318 e. The summed E-state index contributed by atoms with van der Waals surface area (Å²) in [4.78, 5) is 17.2. The number of benzene rings is 2. The number of hydrogen-bond donors (Lipinski definition) is 0. The molecule has 1 aromatic heterocycles. The Morgan fingerprint density at radius 3 is 2.14 bits per heavy atom. The Balaban J connectivity index is 1.97. The number of nitrogens with zero attached hydrogens (tertiary/aromatic N) is 1. The zero-order valence-corrected chi connectivity index (χ0v) is 22.0. The molecule has 3 aromatic rings. The summed E-state index contributed by atoms with van der Waals surface area (Å²) >= 11 is 12.7. The highest BCUT2D eigenvalue weighted by molar-refractivity contribution is 6.37. The Bertz CT molecular complexity index is 1190. The van der Waals surface area contributed by atoms with Crippen LogP contribution < -0.4 is 9.47 Å². The summed E-state index contributed by atoms with van der Waals surface area (Å²) in [6.45, 7) is 6.17. The molecule has 0 saturated heterocycles. The van der Waals surface area contributed by atoms with Gasteiger partial charge in [0.15, 0.2) is 11.5 Å². The molecule has 0 unspecified atom stereocenters. The molecule has 35 heavy (non-hydrogen) atoms. The zero-order chi connectivity index (χ0) is 25.5. The van der Waals surface area contributed by atoms with Crippen LogP contribution in [0.4, 0.5) is 0 Å². The summed E-state index contributed by atoms with van der Waals surface area (Å²) < 4.78 is 16.7. The Hall–Kier alpha value is -3.02. The second-order valence-electron chi connectivity index (χ2n) is 8.58. The fourth-order valence-electron chi connectivity index (χ4n) is 3.60. The molecule has 7 heteroatoms. The van der Waals surface area contributed by atoms with Gasteiger partial charge in [0.25, 0.3) is 0 Å². The fourth-order valence-corrected chi connectivity index (χ4v) is 4.07. The van der Waals surface area contributed by atoms with Crippen LogP contribution in [-0.4, -0.2) is 25.2 Å². The van der Waals surface area contributed by atoms with E-state index in [4.69, 9.17) is 37.4 Å². The minimum absolute atomic E-state index is 0.272. The third-order valence-corrected chi connectivity index (χ3v) is 6.12. The quantitative estimate of drug-likeness (QED) is 0.219. The van der Waals surface area contributed by atoms with Crippen molar-refractivity contribution in [2.75, 3.05) is 14.2 Å². The minimum atomic E-state index is -0.491. The average Bonchev–Trinajstić information content (AvgIpc) is 2.84. The Kier molecular flexibility index (Phi) is 9.19. The van der Waals surface area contributed by atoms with Gasteiger partial charge in [-0.15, -0.1) is 0 Å². The van der Waals surface area contributed by atoms with Gasteiger partial charge in [-0.05, 0) is 54.7 Å². The first kappa shape index (κ1) is 26.6.